The van der Waals surface area contributed by atoms with Crippen LogP contribution in [0.3, 0.4) is 0 Å². The van der Waals surface area contributed by atoms with Gasteiger partial charge in [0.15, 0.2) is 0 Å². The van der Waals surface area contributed by atoms with E-state index in [-0.39, 0.29) is 11.4 Å². The number of rotatable bonds is 2. The zero-order chi connectivity index (χ0) is 14.2. The maximum Gasteiger partial charge on any atom is 0.128 e. The van der Waals surface area contributed by atoms with Gasteiger partial charge in [0.1, 0.15) is 5.82 Å². The number of para-hydroxylation sites is 2. The summed E-state index contributed by atoms with van der Waals surface area (Å²) in [4.78, 5) is 2.28. The third-order valence-corrected chi connectivity index (χ3v) is 3.92. The average molecular weight is 270 g/mol. The molecule has 1 aliphatic rings. The minimum absolute atomic E-state index is 0.0589. The fourth-order valence-electron chi connectivity index (χ4n) is 2.69. The zero-order valence-electron chi connectivity index (χ0n) is 11.9. The molecule has 0 radical (unpaired) electrons. The molecule has 1 heterocycles. The third kappa shape index (κ3) is 2.24. The van der Waals surface area contributed by atoms with E-state index in [1.54, 1.807) is 6.07 Å². The molecule has 3 heteroatoms. The highest BCUT2D eigenvalue weighted by molar-refractivity contribution is 5.73. The molecule has 0 atom stereocenters. The Labute approximate surface area is 119 Å². The monoisotopic (exact) mass is 270 g/mol. The third-order valence-electron chi connectivity index (χ3n) is 3.92. The molecule has 3 rings (SSSR count). The molecule has 0 spiro atoms. The molecule has 104 valence electrons. The first-order valence-electron chi connectivity index (χ1n) is 6.92. The van der Waals surface area contributed by atoms with Gasteiger partial charge in [-0.05, 0) is 32.0 Å². The number of hydrogen-bond acceptors (Lipinski definition) is 2. The summed E-state index contributed by atoms with van der Waals surface area (Å²) in [5, 5.41) is 3.45. The van der Waals surface area contributed by atoms with E-state index in [4.69, 9.17) is 0 Å². The van der Waals surface area contributed by atoms with Crippen LogP contribution in [-0.4, -0.2) is 12.1 Å². The normalized spacial score (nSPS) is 16.4. The van der Waals surface area contributed by atoms with Crippen molar-refractivity contribution in [3.63, 3.8) is 0 Å². The van der Waals surface area contributed by atoms with E-state index in [2.05, 4.69) is 36.2 Å². The minimum atomic E-state index is -0.140. The first kappa shape index (κ1) is 13.0. The highest BCUT2D eigenvalue weighted by Crippen LogP contribution is 2.37. The zero-order valence-corrected chi connectivity index (χ0v) is 11.9. The Morgan fingerprint density at radius 1 is 1.10 bits per heavy atom. The lowest BCUT2D eigenvalue weighted by Gasteiger charge is -2.45. The molecular weight excluding hydrogens is 251 g/mol. The van der Waals surface area contributed by atoms with Gasteiger partial charge in [0.2, 0.25) is 0 Å². The summed E-state index contributed by atoms with van der Waals surface area (Å²) in [5.41, 5.74) is 2.92. The molecule has 0 fully saturated rings. The summed E-state index contributed by atoms with van der Waals surface area (Å²) in [6.45, 7) is 5.78. The number of hydrogen-bond donors (Lipinski definition) is 1. The summed E-state index contributed by atoms with van der Waals surface area (Å²) >= 11 is 0. The highest BCUT2D eigenvalue weighted by Gasteiger charge is 2.32. The Morgan fingerprint density at radius 3 is 2.60 bits per heavy atom. The maximum absolute atomic E-state index is 13.9. The molecule has 2 nitrogen and oxygen atoms in total. The van der Waals surface area contributed by atoms with Crippen molar-refractivity contribution in [2.24, 2.45) is 0 Å². The van der Waals surface area contributed by atoms with Crippen LogP contribution in [0.4, 0.5) is 15.8 Å². The molecule has 2 aromatic carbocycles. The molecule has 20 heavy (non-hydrogen) atoms. The van der Waals surface area contributed by atoms with Crippen molar-refractivity contribution in [1.82, 2.24) is 0 Å². The Bertz CT molecular complexity index is 622. The molecule has 0 amide bonds. The predicted molar refractivity (Wildman–Crippen MR) is 81.6 cm³/mol. The van der Waals surface area contributed by atoms with Gasteiger partial charge >= 0.3 is 0 Å². The lowest BCUT2D eigenvalue weighted by Crippen LogP contribution is -2.51. The topological polar surface area (TPSA) is 15.3 Å². The Balaban J connectivity index is 2.00. The van der Waals surface area contributed by atoms with Gasteiger partial charge in [-0.15, -0.1) is 0 Å². The molecule has 1 aliphatic heterocycles. The predicted octanol–water partition coefficient (Wildman–Crippen LogP) is 4.04. The van der Waals surface area contributed by atoms with Crippen molar-refractivity contribution in [1.29, 1.82) is 0 Å². The van der Waals surface area contributed by atoms with E-state index in [0.29, 0.717) is 6.54 Å². The number of nitrogens with one attached hydrogen (secondary N) is 1. The van der Waals surface area contributed by atoms with Gasteiger partial charge in [-0.1, -0.05) is 30.3 Å². The molecule has 0 aliphatic carbocycles. The lowest BCUT2D eigenvalue weighted by atomic mass is 9.96. The molecule has 0 saturated heterocycles. The smallest absolute Gasteiger partial charge is 0.128 e. The van der Waals surface area contributed by atoms with E-state index in [9.17, 15) is 4.39 Å². The van der Waals surface area contributed by atoms with Crippen LogP contribution in [0.5, 0.6) is 0 Å². The van der Waals surface area contributed by atoms with Crippen LogP contribution in [0, 0.1) is 5.82 Å². The van der Waals surface area contributed by atoms with Crippen LogP contribution in [0.15, 0.2) is 48.5 Å². The van der Waals surface area contributed by atoms with Crippen LogP contribution in [-0.2, 0) is 6.54 Å². The van der Waals surface area contributed by atoms with Crippen molar-refractivity contribution in [2.45, 2.75) is 25.9 Å². The Morgan fingerprint density at radius 2 is 1.80 bits per heavy atom. The number of anilines is 2. The van der Waals surface area contributed by atoms with Crippen LogP contribution < -0.4 is 10.2 Å². The van der Waals surface area contributed by atoms with Gasteiger partial charge in [0.25, 0.3) is 0 Å². The summed E-state index contributed by atoms with van der Waals surface area (Å²) < 4.78 is 13.9. The van der Waals surface area contributed by atoms with Crippen LogP contribution >= 0.6 is 0 Å². The largest absolute Gasteiger partial charge is 0.381 e. The summed E-state index contributed by atoms with van der Waals surface area (Å²) in [6, 6.07) is 15.2. The quantitative estimate of drug-likeness (QED) is 0.886. The average Bonchev–Trinajstić information content (AvgIpc) is 2.44. The van der Waals surface area contributed by atoms with Gasteiger partial charge in [-0.25, -0.2) is 4.39 Å². The van der Waals surface area contributed by atoms with Crippen molar-refractivity contribution < 1.29 is 4.39 Å². The minimum Gasteiger partial charge on any atom is -0.381 e. The van der Waals surface area contributed by atoms with Crippen molar-refractivity contribution in [2.75, 3.05) is 16.8 Å². The lowest BCUT2D eigenvalue weighted by molar-refractivity contribution is 0.463. The first-order chi connectivity index (χ1) is 9.58. The molecule has 0 unspecified atom stereocenters. The summed E-state index contributed by atoms with van der Waals surface area (Å²) in [7, 11) is 0. The fourth-order valence-corrected chi connectivity index (χ4v) is 2.69. The van der Waals surface area contributed by atoms with E-state index in [1.165, 1.54) is 6.07 Å². The SMILES string of the molecule is CC1(C)CNc2ccccc2N1Cc1ccccc1F. The van der Waals surface area contributed by atoms with Gasteiger partial charge in [-0.2, -0.15) is 0 Å². The van der Waals surface area contributed by atoms with E-state index in [1.807, 2.05) is 24.3 Å². The molecule has 0 saturated carbocycles. The van der Waals surface area contributed by atoms with E-state index in [0.717, 1.165) is 23.5 Å². The second-order valence-corrected chi connectivity index (χ2v) is 5.86. The number of halogens is 1. The maximum atomic E-state index is 13.9. The number of nitrogens with zero attached hydrogens (tertiary/aromatic N) is 1. The van der Waals surface area contributed by atoms with Crippen molar-refractivity contribution in [3.05, 3.63) is 59.9 Å². The fraction of sp³-hybridized carbons (Fsp3) is 0.294. The van der Waals surface area contributed by atoms with Gasteiger partial charge in [0, 0.05) is 18.7 Å². The standard InChI is InChI=1S/C17H19FN2/c1-17(2)12-19-15-9-5-6-10-16(15)20(17)11-13-7-3-4-8-14(13)18/h3-10,19H,11-12H2,1-2H3. The van der Waals surface area contributed by atoms with Gasteiger partial charge in [0.05, 0.1) is 16.9 Å². The Hall–Kier alpha value is -2.03. The number of benzene rings is 2. The molecule has 0 aromatic heterocycles. The Kier molecular flexibility index (Phi) is 3.13. The molecule has 1 N–H and O–H groups in total. The van der Waals surface area contributed by atoms with Crippen molar-refractivity contribution in [3.8, 4) is 0 Å². The van der Waals surface area contributed by atoms with Crippen LogP contribution in [0.2, 0.25) is 0 Å². The highest BCUT2D eigenvalue weighted by atomic mass is 19.1. The molecular formula is C17H19FN2. The molecule has 0 bridgehead atoms. The van der Waals surface area contributed by atoms with Gasteiger partial charge in [-0.3, -0.25) is 0 Å². The number of fused-ring (bicyclic) bond motifs is 1. The summed E-state index contributed by atoms with van der Waals surface area (Å²) in [6.07, 6.45) is 0. The molecule has 2 aromatic rings. The van der Waals surface area contributed by atoms with E-state index >= 15 is 0 Å². The van der Waals surface area contributed by atoms with Crippen LogP contribution in [0.25, 0.3) is 0 Å². The second-order valence-electron chi connectivity index (χ2n) is 5.86. The first-order valence-corrected chi connectivity index (χ1v) is 6.92. The van der Waals surface area contributed by atoms with Crippen molar-refractivity contribution >= 4 is 11.4 Å². The second kappa shape index (κ2) is 4.82. The van der Waals surface area contributed by atoms with E-state index < -0.39 is 0 Å². The van der Waals surface area contributed by atoms with Gasteiger partial charge < -0.3 is 10.2 Å². The van der Waals surface area contributed by atoms with Crippen LogP contribution in [0.1, 0.15) is 19.4 Å². The summed E-state index contributed by atoms with van der Waals surface area (Å²) in [5.74, 6) is -0.140.